The number of ether oxygens (including phenoxy) is 1. The first kappa shape index (κ1) is 18.2. The predicted molar refractivity (Wildman–Crippen MR) is 81.8 cm³/mol. The van der Waals surface area contributed by atoms with Gasteiger partial charge in [-0.05, 0) is 20.3 Å². The molecular weight excluding hydrogens is 316 g/mol. The van der Waals surface area contributed by atoms with E-state index in [0.29, 0.717) is 6.42 Å². The van der Waals surface area contributed by atoms with E-state index in [9.17, 15) is 18.0 Å². The van der Waals surface area contributed by atoms with Gasteiger partial charge >= 0.3 is 5.97 Å². The average Bonchev–Trinajstić information content (AvgIpc) is 2.63. The van der Waals surface area contributed by atoms with Crippen molar-refractivity contribution in [3.63, 3.8) is 0 Å². The Kier molecular flexibility index (Phi) is 6.48. The van der Waals surface area contributed by atoms with E-state index >= 15 is 0 Å². The molecule has 0 aromatic carbocycles. The van der Waals surface area contributed by atoms with Crippen molar-refractivity contribution < 1.29 is 22.7 Å². The molecule has 1 amide bonds. The van der Waals surface area contributed by atoms with Crippen molar-refractivity contribution in [2.24, 2.45) is 5.73 Å². The minimum absolute atomic E-state index is 0.0290. The van der Waals surface area contributed by atoms with Crippen molar-refractivity contribution >= 4 is 33.5 Å². The molecule has 3 N–H and O–H groups in total. The molecule has 9 heteroatoms. The Balaban J connectivity index is 2.30. The third-order valence-electron chi connectivity index (χ3n) is 3.06. The van der Waals surface area contributed by atoms with Gasteiger partial charge in [0.15, 0.2) is 9.84 Å². The Morgan fingerprint density at radius 3 is 2.67 bits per heavy atom. The summed E-state index contributed by atoms with van der Waals surface area (Å²) in [6, 6.07) is -0.759. The topological polar surface area (TPSA) is 116 Å². The number of hydrogen-bond donors (Lipinski definition) is 2. The summed E-state index contributed by atoms with van der Waals surface area (Å²) >= 11 is 1.22. The van der Waals surface area contributed by atoms with Crippen LogP contribution in [-0.4, -0.2) is 61.5 Å². The first-order valence-corrected chi connectivity index (χ1v) is 9.66. The predicted octanol–water partition coefficient (Wildman–Crippen LogP) is -0.697. The maximum atomic E-state index is 11.8. The molecule has 0 aromatic heterocycles. The molecule has 0 aromatic rings. The van der Waals surface area contributed by atoms with Crippen LogP contribution in [0.15, 0.2) is 0 Å². The summed E-state index contributed by atoms with van der Waals surface area (Å²) in [7, 11) is -3.05. The summed E-state index contributed by atoms with van der Waals surface area (Å²) < 4.78 is 27.6. The number of rotatable bonds is 7. The van der Waals surface area contributed by atoms with E-state index in [1.54, 1.807) is 13.8 Å². The first-order valence-electron chi connectivity index (χ1n) is 6.69. The number of carbonyl (C=O) groups is 2. The highest BCUT2D eigenvalue weighted by molar-refractivity contribution is 8.00. The van der Waals surface area contributed by atoms with Gasteiger partial charge < -0.3 is 15.8 Å². The largest absolute Gasteiger partial charge is 0.465 e. The average molecular weight is 338 g/mol. The van der Waals surface area contributed by atoms with Gasteiger partial charge in [0.25, 0.3) is 0 Å². The molecule has 2 atom stereocenters. The van der Waals surface area contributed by atoms with E-state index in [0.717, 1.165) is 0 Å². The molecule has 1 heterocycles. The number of nitrogens with two attached hydrogens (primary N) is 1. The van der Waals surface area contributed by atoms with Gasteiger partial charge in [-0.3, -0.25) is 9.59 Å². The fraction of sp³-hybridized carbons (Fsp3) is 0.833. The van der Waals surface area contributed by atoms with Crippen LogP contribution in [0.25, 0.3) is 0 Å². The number of esters is 1. The Bertz CT molecular complexity index is 494. The first-order chi connectivity index (χ1) is 9.67. The highest BCUT2D eigenvalue weighted by atomic mass is 32.2. The van der Waals surface area contributed by atoms with Crippen LogP contribution in [-0.2, 0) is 24.2 Å². The lowest BCUT2D eigenvalue weighted by molar-refractivity contribution is -0.144. The van der Waals surface area contributed by atoms with E-state index in [1.807, 2.05) is 0 Å². The number of nitrogens with one attached hydrogen (secondary N) is 1. The van der Waals surface area contributed by atoms with Gasteiger partial charge in [-0.2, -0.15) is 0 Å². The van der Waals surface area contributed by atoms with Gasteiger partial charge in [-0.1, -0.05) is 0 Å². The third-order valence-corrected chi connectivity index (χ3v) is 6.03. The maximum absolute atomic E-state index is 11.8. The van der Waals surface area contributed by atoms with Gasteiger partial charge in [-0.25, -0.2) is 8.42 Å². The quantitative estimate of drug-likeness (QED) is 0.590. The SMILES string of the molecule is CCOC(=O)C(N)CSCC(=O)NC1(C)CCS(=O)(=O)C1. The summed E-state index contributed by atoms with van der Waals surface area (Å²) in [5.41, 5.74) is 4.91. The molecule has 0 bridgehead atoms. The smallest absolute Gasteiger partial charge is 0.323 e. The van der Waals surface area contributed by atoms with Crippen molar-refractivity contribution in [2.75, 3.05) is 29.6 Å². The molecule has 0 saturated carbocycles. The second-order valence-corrected chi connectivity index (χ2v) is 8.54. The van der Waals surface area contributed by atoms with Crippen molar-refractivity contribution in [2.45, 2.75) is 31.8 Å². The maximum Gasteiger partial charge on any atom is 0.323 e. The molecule has 1 fully saturated rings. The number of thioether (sulfide) groups is 1. The zero-order chi connectivity index (χ0) is 16.1. The normalized spacial score (nSPS) is 25.3. The Labute approximate surface area is 129 Å². The summed E-state index contributed by atoms with van der Waals surface area (Å²) in [5.74, 6) is -0.261. The highest BCUT2D eigenvalue weighted by Gasteiger charge is 2.39. The molecule has 7 nitrogen and oxygen atoms in total. The van der Waals surface area contributed by atoms with Crippen LogP contribution in [0.1, 0.15) is 20.3 Å². The van der Waals surface area contributed by atoms with E-state index in [-0.39, 0.29) is 35.5 Å². The molecule has 0 aliphatic carbocycles. The highest BCUT2D eigenvalue weighted by Crippen LogP contribution is 2.22. The van der Waals surface area contributed by atoms with Gasteiger partial charge in [-0.15, -0.1) is 11.8 Å². The summed E-state index contributed by atoms with van der Waals surface area (Å²) in [5, 5.41) is 2.74. The lowest BCUT2D eigenvalue weighted by atomic mass is 10.0. The zero-order valence-corrected chi connectivity index (χ0v) is 13.9. The van der Waals surface area contributed by atoms with E-state index in [4.69, 9.17) is 10.5 Å². The second-order valence-electron chi connectivity index (χ2n) is 5.32. The molecular formula is C12H22N2O5S2. The van der Waals surface area contributed by atoms with Crippen molar-refractivity contribution in [1.82, 2.24) is 5.32 Å². The van der Waals surface area contributed by atoms with Crippen molar-refractivity contribution in [3.8, 4) is 0 Å². The zero-order valence-electron chi connectivity index (χ0n) is 12.3. The van der Waals surface area contributed by atoms with Crippen LogP contribution in [0.5, 0.6) is 0 Å². The number of carbonyl (C=O) groups excluding carboxylic acids is 2. The minimum atomic E-state index is -3.05. The van der Waals surface area contributed by atoms with Crippen LogP contribution >= 0.6 is 11.8 Å². The standard InChI is InChI=1S/C12H22N2O5S2/c1-3-19-11(16)9(13)6-20-7-10(15)14-12(2)4-5-21(17,18)8-12/h9H,3-8,13H2,1-2H3,(H,14,15). The Hall–Kier alpha value is -0.800. The summed E-state index contributed by atoms with van der Waals surface area (Å²) in [6.45, 7) is 3.69. The molecule has 21 heavy (non-hydrogen) atoms. The molecule has 1 aliphatic rings. The summed E-state index contributed by atoms with van der Waals surface area (Å²) in [6.07, 6.45) is 0.425. The minimum Gasteiger partial charge on any atom is -0.465 e. The van der Waals surface area contributed by atoms with Gasteiger partial charge in [0.05, 0.1) is 29.4 Å². The fourth-order valence-corrected chi connectivity index (χ4v) is 4.94. The molecule has 0 radical (unpaired) electrons. The van der Waals surface area contributed by atoms with Crippen LogP contribution in [0.4, 0.5) is 0 Å². The molecule has 1 saturated heterocycles. The summed E-state index contributed by atoms with van der Waals surface area (Å²) in [4.78, 5) is 23.1. The van der Waals surface area contributed by atoms with E-state index < -0.39 is 27.4 Å². The van der Waals surface area contributed by atoms with Gasteiger partial charge in [0, 0.05) is 5.75 Å². The van der Waals surface area contributed by atoms with Gasteiger partial charge in [0.1, 0.15) is 6.04 Å². The molecule has 1 aliphatic heterocycles. The lowest BCUT2D eigenvalue weighted by Gasteiger charge is -2.23. The van der Waals surface area contributed by atoms with Crippen molar-refractivity contribution in [1.29, 1.82) is 0 Å². The van der Waals surface area contributed by atoms with Crippen LogP contribution in [0, 0.1) is 0 Å². The third kappa shape index (κ3) is 6.23. The Morgan fingerprint density at radius 2 is 2.14 bits per heavy atom. The molecule has 1 rings (SSSR count). The van der Waals surface area contributed by atoms with Crippen LogP contribution in [0.2, 0.25) is 0 Å². The second kappa shape index (κ2) is 7.46. The van der Waals surface area contributed by atoms with E-state index in [1.165, 1.54) is 11.8 Å². The number of amides is 1. The van der Waals surface area contributed by atoms with Crippen LogP contribution < -0.4 is 11.1 Å². The van der Waals surface area contributed by atoms with Crippen LogP contribution in [0.3, 0.4) is 0 Å². The molecule has 2 unspecified atom stereocenters. The number of sulfone groups is 1. The monoisotopic (exact) mass is 338 g/mol. The van der Waals surface area contributed by atoms with E-state index in [2.05, 4.69) is 5.32 Å². The van der Waals surface area contributed by atoms with Gasteiger partial charge in [0.2, 0.25) is 5.91 Å². The Morgan fingerprint density at radius 1 is 1.48 bits per heavy atom. The molecule has 122 valence electrons. The number of hydrogen-bond acceptors (Lipinski definition) is 7. The fourth-order valence-electron chi connectivity index (χ4n) is 2.08. The van der Waals surface area contributed by atoms with Crippen molar-refractivity contribution in [3.05, 3.63) is 0 Å². The molecule has 0 spiro atoms. The lowest BCUT2D eigenvalue weighted by Crippen LogP contribution is -2.47.